The number of carbonyl (C=O) groups is 2. The first-order valence-electron chi connectivity index (χ1n) is 9.61. The minimum Gasteiger partial charge on any atom is -0.492 e. The van der Waals surface area contributed by atoms with Crippen LogP contribution in [0.1, 0.15) is 18.2 Å². The van der Waals surface area contributed by atoms with Crippen molar-refractivity contribution < 1.29 is 23.7 Å². The monoisotopic (exact) mass is 436 g/mol. The SMILES string of the molecule is CCOc1ccccc1NC(=O)C(=O)N/N=C/c1ccc(-c2cccc([N+](=O)[O-])c2C)o1. The third kappa shape index (κ3) is 5.17. The highest BCUT2D eigenvalue weighted by molar-refractivity contribution is 6.39. The maximum atomic E-state index is 12.1. The van der Waals surface area contributed by atoms with Crippen LogP contribution in [0.15, 0.2) is 64.1 Å². The molecule has 164 valence electrons. The highest BCUT2D eigenvalue weighted by Gasteiger charge is 2.17. The molecule has 3 rings (SSSR count). The molecular formula is C22H20N4O6. The third-order valence-electron chi connectivity index (χ3n) is 4.39. The Morgan fingerprint density at radius 1 is 1.12 bits per heavy atom. The number of ether oxygens (including phenoxy) is 1. The molecule has 0 unspecified atom stereocenters. The van der Waals surface area contributed by atoms with E-state index in [1.165, 1.54) is 12.3 Å². The summed E-state index contributed by atoms with van der Waals surface area (Å²) in [5.74, 6) is -0.757. The third-order valence-corrected chi connectivity index (χ3v) is 4.39. The molecule has 0 radical (unpaired) electrons. The van der Waals surface area contributed by atoms with E-state index in [9.17, 15) is 19.7 Å². The van der Waals surface area contributed by atoms with Crippen LogP contribution in [-0.4, -0.2) is 29.6 Å². The van der Waals surface area contributed by atoms with Crippen LogP contribution in [0.25, 0.3) is 11.3 Å². The molecule has 10 heteroatoms. The maximum Gasteiger partial charge on any atom is 0.329 e. The number of nitro benzene ring substituents is 1. The second-order valence-corrected chi connectivity index (χ2v) is 6.49. The zero-order valence-corrected chi connectivity index (χ0v) is 17.3. The molecule has 3 aromatic rings. The Morgan fingerprint density at radius 3 is 2.66 bits per heavy atom. The van der Waals surface area contributed by atoms with Crippen LogP contribution >= 0.6 is 0 Å². The van der Waals surface area contributed by atoms with Crippen LogP contribution in [0, 0.1) is 17.0 Å². The highest BCUT2D eigenvalue weighted by atomic mass is 16.6. The van der Waals surface area contributed by atoms with Gasteiger partial charge in [-0.05, 0) is 38.1 Å². The maximum absolute atomic E-state index is 12.1. The van der Waals surface area contributed by atoms with Gasteiger partial charge in [0.25, 0.3) is 5.69 Å². The van der Waals surface area contributed by atoms with E-state index in [1.807, 2.05) is 0 Å². The van der Waals surface area contributed by atoms with Gasteiger partial charge in [-0.25, -0.2) is 5.43 Å². The van der Waals surface area contributed by atoms with E-state index in [2.05, 4.69) is 15.8 Å². The van der Waals surface area contributed by atoms with E-state index in [1.54, 1.807) is 62.4 Å². The molecule has 1 heterocycles. The normalized spacial score (nSPS) is 10.7. The van der Waals surface area contributed by atoms with E-state index in [4.69, 9.17) is 9.15 Å². The first-order chi connectivity index (χ1) is 15.4. The fourth-order valence-electron chi connectivity index (χ4n) is 2.89. The average Bonchev–Trinajstić information content (AvgIpc) is 3.23. The number of amides is 2. The number of furan rings is 1. The van der Waals surface area contributed by atoms with Crippen molar-refractivity contribution in [2.45, 2.75) is 13.8 Å². The summed E-state index contributed by atoms with van der Waals surface area (Å²) in [5.41, 5.74) is 3.49. The van der Waals surface area contributed by atoms with Crippen molar-refractivity contribution in [1.29, 1.82) is 0 Å². The van der Waals surface area contributed by atoms with Gasteiger partial charge in [0.05, 0.1) is 23.4 Å². The Labute approximate surface area is 183 Å². The number of benzene rings is 2. The summed E-state index contributed by atoms with van der Waals surface area (Å²) in [6.45, 7) is 3.84. The summed E-state index contributed by atoms with van der Waals surface area (Å²) in [6, 6.07) is 14.6. The van der Waals surface area contributed by atoms with E-state index >= 15 is 0 Å². The summed E-state index contributed by atoms with van der Waals surface area (Å²) >= 11 is 0. The minimum atomic E-state index is -0.978. The van der Waals surface area contributed by atoms with Crippen LogP contribution in [0.3, 0.4) is 0 Å². The summed E-state index contributed by atoms with van der Waals surface area (Å²) in [5, 5.41) is 17.3. The molecule has 0 atom stereocenters. The lowest BCUT2D eigenvalue weighted by Gasteiger charge is -2.10. The summed E-state index contributed by atoms with van der Waals surface area (Å²) < 4.78 is 11.0. The molecule has 0 bridgehead atoms. The number of nitrogens with zero attached hydrogens (tertiary/aromatic N) is 2. The number of anilines is 1. The molecule has 0 saturated carbocycles. The number of para-hydroxylation sites is 2. The number of hydrazone groups is 1. The van der Waals surface area contributed by atoms with Crippen LogP contribution < -0.4 is 15.5 Å². The topological polar surface area (TPSA) is 136 Å². The molecule has 10 nitrogen and oxygen atoms in total. The zero-order valence-electron chi connectivity index (χ0n) is 17.3. The van der Waals surface area contributed by atoms with Gasteiger partial charge in [0, 0.05) is 17.2 Å². The largest absolute Gasteiger partial charge is 0.492 e. The minimum absolute atomic E-state index is 0.0155. The predicted octanol–water partition coefficient (Wildman–Crippen LogP) is 3.65. The highest BCUT2D eigenvalue weighted by Crippen LogP contribution is 2.30. The van der Waals surface area contributed by atoms with Crippen molar-refractivity contribution in [3.05, 3.63) is 76.0 Å². The average molecular weight is 436 g/mol. The summed E-state index contributed by atoms with van der Waals surface area (Å²) in [7, 11) is 0. The van der Waals surface area contributed by atoms with Crippen molar-refractivity contribution in [1.82, 2.24) is 5.43 Å². The predicted molar refractivity (Wildman–Crippen MR) is 118 cm³/mol. The second kappa shape index (κ2) is 10.0. The Bertz CT molecular complexity index is 1180. The number of nitrogens with one attached hydrogen (secondary N) is 2. The van der Waals surface area contributed by atoms with E-state index in [0.717, 1.165) is 0 Å². The smallest absolute Gasteiger partial charge is 0.329 e. The van der Waals surface area contributed by atoms with Crippen LogP contribution in [0.4, 0.5) is 11.4 Å². The molecule has 0 aliphatic heterocycles. The number of rotatable bonds is 7. The Hall–Kier alpha value is -4.47. The molecule has 0 aliphatic carbocycles. The van der Waals surface area contributed by atoms with Gasteiger partial charge in [0.2, 0.25) is 0 Å². The first kappa shape index (κ1) is 22.2. The van der Waals surface area contributed by atoms with Crippen LogP contribution in [0.2, 0.25) is 0 Å². The molecule has 0 fully saturated rings. The Kier molecular flexibility index (Phi) is 6.96. The number of hydrogen-bond acceptors (Lipinski definition) is 7. The van der Waals surface area contributed by atoms with Gasteiger partial charge in [-0.3, -0.25) is 19.7 Å². The van der Waals surface area contributed by atoms with Crippen molar-refractivity contribution in [2.24, 2.45) is 5.10 Å². The first-order valence-corrected chi connectivity index (χ1v) is 9.61. The second-order valence-electron chi connectivity index (χ2n) is 6.49. The molecule has 0 spiro atoms. The van der Waals surface area contributed by atoms with Gasteiger partial charge in [-0.2, -0.15) is 5.10 Å². The summed E-state index contributed by atoms with van der Waals surface area (Å²) in [6.07, 6.45) is 1.22. The quantitative estimate of drug-likeness (QED) is 0.251. The van der Waals surface area contributed by atoms with Gasteiger partial charge < -0.3 is 14.5 Å². The van der Waals surface area contributed by atoms with Gasteiger partial charge in [0.1, 0.15) is 17.3 Å². The molecule has 0 aliphatic rings. The molecular weight excluding hydrogens is 416 g/mol. The van der Waals surface area contributed by atoms with Crippen molar-refractivity contribution in [2.75, 3.05) is 11.9 Å². The Morgan fingerprint density at radius 2 is 1.91 bits per heavy atom. The van der Waals surface area contributed by atoms with Gasteiger partial charge in [0.15, 0.2) is 0 Å². The van der Waals surface area contributed by atoms with Gasteiger partial charge in [-0.15, -0.1) is 0 Å². The van der Waals surface area contributed by atoms with Crippen LogP contribution in [-0.2, 0) is 9.59 Å². The molecule has 2 aromatic carbocycles. The van der Waals surface area contributed by atoms with E-state index in [0.29, 0.717) is 34.9 Å². The zero-order chi connectivity index (χ0) is 23.1. The van der Waals surface area contributed by atoms with Gasteiger partial charge >= 0.3 is 11.8 Å². The van der Waals surface area contributed by atoms with E-state index < -0.39 is 16.7 Å². The lowest BCUT2D eigenvalue weighted by atomic mass is 10.1. The molecule has 32 heavy (non-hydrogen) atoms. The fraction of sp³-hybridized carbons (Fsp3) is 0.136. The molecule has 2 N–H and O–H groups in total. The molecule has 1 aromatic heterocycles. The number of hydrogen-bond donors (Lipinski definition) is 2. The van der Waals surface area contributed by atoms with E-state index in [-0.39, 0.29) is 11.4 Å². The fourth-order valence-corrected chi connectivity index (χ4v) is 2.89. The standard InChI is InChI=1S/C22H20N4O6/c1-3-31-20-10-5-4-8-17(20)24-21(27)22(28)25-23-13-15-11-12-19(32-15)16-7-6-9-18(14(16)2)26(29)30/h4-13H,3H2,1-2H3,(H,24,27)(H,25,28)/b23-13+. The molecule has 2 amide bonds. The lowest BCUT2D eigenvalue weighted by Crippen LogP contribution is -2.32. The van der Waals surface area contributed by atoms with Gasteiger partial charge in [-0.1, -0.05) is 24.3 Å². The summed E-state index contributed by atoms with van der Waals surface area (Å²) in [4.78, 5) is 34.8. The number of carbonyl (C=O) groups excluding carboxylic acids is 2. The van der Waals surface area contributed by atoms with Crippen molar-refractivity contribution >= 4 is 29.4 Å². The van der Waals surface area contributed by atoms with Crippen molar-refractivity contribution in [3.8, 4) is 17.1 Å². The Balaban J connectivity index is 1.63. The molecule has 0 saturated heterocycles. The lowest BCUT2D eigenvalue weighted by molar-refractivity contribution is -0.385. The number of nitro groups is 1. The van der Waals surface area contributed by atoms with Crippen molar-refractivity contribution in [3.63, 3.8) is 0 Å². The van der Waals surface area contributed by atoms with Crippen LogP contribution in [0.5, 0.6) is 5.75 Å².